The fraction of sp³-hybridized carbons (Fsp3) is 0.462. The van der Waals surface area contributed by atoms with Crippen molar-refractivity contribution in [3.05, 3.63) is 28.2 Å². The number of likely N-dealkylation sites (N-methyl/N-ethyl adjacent to an activating group) is 1. The predicted octanol–water partition coefficient (Wildman–Crippen LogP) is 2.40. The summed E-state index contributed by atoms with van der Waals surface area (Å²) in [7, 11) is 4.25. The Balaban J connectivity index is 2.16. The van der Waals surface area contributed by atoms with Crippen LogP contribution in [0.1, 0.15) is 16.8 Å². The molecule has 0 spiro atoms. The third-order valence-electron chi connectivity index (χ3n) is 3.34. The van der Waals surface area contributed by atoms with Crippen molar-refractivity contribution in [3.8, 4) is 0 Å². The zero-order valence-corrected chi connectivity index (χ0v) is 11.8. The van der Waals surface area contributed by atoms with Gasteiger partial charge in [0.05, 0.1) is 5.69 Å². The van der Waals surface area contributed by atoms with Crippen LogP contribution in [0.4, 0.5) is 5.69 Å². The summed E-state index contributed by atoms with van der Waals surface area (Å²) >= 11 is 3.54. The van der Waals surface area contributed by atoms with E-state index in [0.29, 0.717) is 11.6 Å². The third-order valence-corrected chi connectivity index (χ3v) is 3.98. The van der Waals surface area contributed by atoms with E-state index in [1.54, 1.807) is 0 Å². The minimum absolute atomic E-state index is 0.618. The summed E-state index contributed by atoms with van der Waals surface area (Å²) in [6.07, 6.45) is 2.07. The molecule has 0 aromatic heterocycles. The Bertz CT molecular complexity index is 420. The number of hydrogen-bond acceptors (Lipinski definition) is 3. The highest BCUT2D eigenvalue weighted by Gasteiger charge is 2.25. The lowest BCUT2D eigenvalue weighted by molar-refractivity contribution is 0.112. The SMILES string of the molecule is CN(C)C1CCN(c2ccc(C=O)cc2Br)C1. The minimum Gasteiger partial charge on any atom is -0.369 e. The number of benzene rings is 1. The Morgan fingerprint density at radius 1 is 1.47 bits per heavy atom. The monoisotopic (exact) mass is 296 g/mol. The van der Waals surface area contributed by atoms with E-state index in [1.165, 1.54) is 12.1 Å². The average molecular weight is 297 g/mol. The van der Waals surface area contributed by atoms with E-state index in [2.05, 4.69) is 39.8 Å². The molecule has 4 heteroatoms. The third kappa shape index (κ3) is 2.69. The normalized spacial score (nSPS) is 20.0. The molecule has 0 amide bonds. The van der Waals surface area contributed by atoms with E-state index in [4.69, 9.17) is 0 Å². The molecule has 17 heavy (non-hydrogen) atoms. The van der Waals surface area contributed by atoms with Gasteiger partial charge in [-0.2, -0.15) is 0 Å². The summed E-state index contributed by atoms with van der Waals surface area (Å²) in [4.78, 5) is 15.3. The first-order valence-corrected chi connectivity index (χ1v) is 6.57. The van der Waals surface area contributed by atoms with Crippen LogP contribution < -0.4 is 4.90 Å². The van der Waals surface area contributed by atoms with Crippen LogP contribution in [-0.4, -0.2) is 44.4 Å². The number of anilines is 1. The van der Waals surface area contributed by atoms with Crippen LogP contribution in [0.5, 0.6) is 0 Å². The highest BCUT2D eigenvalue weighted by atomic mass is 79.9. The van der Waals surface area contributed by atoms with Gasteiger partial charge in [-0.1, -0.05) is 0 Å². The average Bonchev–Trinajstić information content (AvgIpc) is 2.78. The molecule has 1 aliphatic rings. The van der Waals surface area contributed by atoms with E-state index >= 15 is 0 Å². The summed E-state index contributed by atoms with van der Waals surface area (Å²) in [6.45, 7) is 2.12. The maximum atomic E-state index is 10.7. The molecule has 1 saturated heterocycles. The summed E-state index contributed by atoms with van der Waals surface area (Å²) < 4.78 is 1.00. The van der Waals surface area contributed by atoms with E-state index in [-0.39, 0.29) is 0 Å². The maximum Gasteiger partial charge on any atom is 0.150 e. The van der Waals surface area contributed by atoms with Crippen LogP contribution >= 0.6 is 15.9 Å². The summed E-state index contributed by atoms with van der Waals surface area (Å²) in [5.74, 6) is 0. The molecule has 92 valence electrons. The molecule has 1 atom stereocenters. The quantitative estimate of drug-likeness (QED) is 0.801. The molecular weight excluding hydrogens is 280 g/mol. The van der Waals surface area contributed by atoms with E-state index in [1.807, 2.05) is 18.2 Å². The Morgan fingerprint density at radius 2 is 2.24 bits per heavy atom. The van der Waals surface area contributed by atoms with Crippen LogP contribution in [0.25, 0.3) is 0 Å². The van der Waals surface area contributed by atoms with E-state index in [0.717, 1.165) is 23.8 Å². The molecule has 3 nitrogen and oxygen atoms in total. The van der Waals surface area contributed by atoms with Crippen molar-refractivity contribution in [2.24, 2.45) is 0 Å². The number of hydrogen-bond donors (Lipinski definition) is 0. The van der Waals surface area contributed by atoms with Crippen LogP contribution in [0.15, 0.2) is 22.7 Å². The topological polar surface area (TPSA) is 23.6 Å². The molecular formula is C13H17BrN2O. The van der Waals surface area contributed by atoms with Gasteiger partial charge in [-0.25, -0.2) is 0 Å². The van der Waals surface area contributed by atoms with Gasteiger partial charge in [-0.3, -0.25) is 4.79 Å². The van der Waals surface area contributed by atoms with Crippen molar-refractivity contribution >= 4 is 27.9 Å². The second-order valence-corrected chi connectivity index (χ2v) is 5.54. The molecule has 2 rings (SSSR count). The highest BCUT2D eigenvalue weighted by Crippen LogP contribution is 2.30. The molecule has 1 fully saturated rings. The Kier molecular flexibility index (Phi) is 3.84. The first kappa shape index (κ1) is 12.6. The molecule has 1 aromatic carbocycles. The highest BCUT2D eigenvalue weighted by molar-refractivity contribution is 9.10. The molecule has 1 unspecified atom stereocenters. The second kappa shape index (κ2) is 5.19. The number of carbonyl (C=O) groups excluding carboxylic acids is 1. The first-order chi connectivity index (χ1) is 8.11. The molecule has 1 aliphatic heterocycles. The van der Waals surface area contributed by atoms with Gasteiger partial charge < -0.3 is 9.80 Å². The zero-order chi connectivity index (χ0) is 12.4. The molecule has 0 N–H and O–H groups in total. The van der Waals surface area contributed by atoms with E-state index in [9.17, 15) is 4.79 Å². The number of halogens is 1. The second-order valence-electron chi connectivity index (χ2n) is 4.68. The van der Waals surface area contributed by atoms with Crippen molar-refractivity contribution < 1.29 is 4.79 Å². The largest absolute Gasteiger partial charge is 0.369 e. The smallest absolute Gasteiger partial charge is 0.150 e. The van der Waals surface area contributed by atoms with Gasteiger partial charge in [-0.05, 0) is 54.6 Å². The number of aldehydes is 1. The van der Waals surface area contributed by atoms with Crippen LogP contribution in [0.2, 0.25) is 0 Å². The van der Waals surface area contributed by atoms with E-state index < -0.39 is 0 Å². The van der Waals surface area contributed by atoms with Gasteiger partial charge in [0.1, 0.15) is 6.29 Å². The molecule has 0 radical (unpaired) electrons. The Labute approximate surface area is 111 Å². The van der Waals surface area contributed by atoms with Gasteiger partial charge in [0, 0.05) is 29.2 Å². The van der Waals surface area contributed by atoms with Gasteiger partial charge in [-0.15, -0.1) is 0 Å². The van der Waals surface area contributed by atoms with Crippen LogP contribution in [0.3, 0.4) is 0 Å². The molecule has 1 heterocycles. The zero-order valence-electron chi connectivity index (χ0n) is 10.2. The predicted molar refractivity (Wildman–Crippen MR) is 73.8 cm³/mol. The minimum atomic E-state index is 0.618. The Hall–Kier alpha value is -0.870. The Morgan fingerprint density at radius 3 is 2.76 bits per heavy atom. The molecule has 1 aromatic rings. The summed E-state index contributed by atoms with van der Waals surface area (Å²) in [5, 5.41) is 0. The van der Waals surface area contributed by atoms with Gasteiger partial charge in [0.2, 0.25) is 0 Å². The van der Waals surface area contributed by atoms with Gasteiger partial charge >= 0.3 is 0 Å². The lowest BCUT2D eigenvalue weighted by Gasteiger charge is -2.22. The lowest BCUT2D eigenvalue weighted by Crippen LogP contribution is -2.31. The fourth-order valence-corrected chi connectivity index (χ4v) is 2.88. The molecule has 0 saturated carbocycles. The van der Waals surface area contributed by atoms with Crippen molar-refractivity contribution in [2.75, 3.05) is 32.1 Å². The van der Waals surface area contributed by atoms with Gasteiger partial charge in [0.25, 0.3) is 0 Å². The van der Waals surface area contributed by atoms with Crippen molar-refractivity contribution in [3.63, 3.8) is 0 Å². The number of nitrogens with zero attached hydrogens (tertiary/aromatic N) is 2. The summed E-state index contributed by atoms with van der Waals surface area (Å²) in [6, 6.07) is 6.39. The lowest BCUT2D eigenvalue weighted by atomic mass is 10.2. The van der Waals surface area contributed by atoms with Crippen molar-refractivity contribution in [2.45, 2.75) is 12.5 Å². The van der Waals surface area contributed by atoms with Gasteiger partial charge in [0.15, 0.2) is 0 Å². The first-order valence-electron chi connectivity index (χ1n) is 5.78. The van der Waals surface area contributed by atoms with Crippen LogP contribution in [-0.2, 0) is 0 Å². The van der Waals surface area contributed by atoms with Crippen molar-refractivity contribution in [1.29, 1.82) is 0 Å². The van der Waals surface area contributed by atoms with Crippen LogP contribution in [0, 0.1) is 0 Å². The molecule has 0 bridgehead atoms. The van der Waals surface area contributed by atoms with Crippen molar-refractivity contribution in [1.82, 2.24) is 4.90 Å². The number of carbonyl (C=O) groups is 1. The standard InChI is InChI=1S/C13H17BrN2O/c1-15(2)11-5-6-16(8-11)13-4-3-10(9-17)7-12(13)14/h3-4,7,9,11H,5-6,8H2,1-2H3. The maximum absolute atomic E-state index is 10.7. The number of rotatable bonds is 3. The fourth-order valence-electron chi connectivity index (χ4n) is 2.24. The summed E-state index contributed by atoms with van der Waals surface area (Å²) in [5.41, 5.74) is 1.89. The molecule has 0 aliphatic carbocycles.